The molecule has 0 bridgehead atoms. The average Bonchev–Trinajstić information content (AvgIpc) is 1.67. The molecule has 8 heavy (non-hydrogen) atoms. The van der Waals surface area contributed by atoms with Crippen molar-refractivity contribution in [1.82, 2.24) is 0 Å². The molecule has 0 aliphatic heterocycles. The number of aliphatic hydroxyl groups is 1. The van der Waals surface area contributed by atoms with Crippen molar-refractivity contribution in [2.45, 2.75) is 25.5 Å². The fraction of sp³-hybridized carbons (Fsp3) is 0.667. The topological polar surface area (TPSA) is 46.2 Å². The SMILES string of the molecule is C#CC[C@@H](O)[C@H](C)N. The number of nitrogens with two attached hydrogens (primary N) is 1. The molecular weight excluding hydrogens is 102 g/mol. The molecule has 0 fully saturated rings. The highest BCUT2D eigenvalue weighted by molar-refractivity contribution is 4.88. The Morgan fingerprint density at radius 2 is 2.38 bits per heavy atom. The molecule has 2 atom stereocenters. The van der Waals surface area contributed by atoms with Gasteiger partial charge in [0, 0.05) is 12.5 Å². The van der Waals surface area contributed by atoms with E-state index in [2.05, 4.69) is 5.92 Å². The van der Waals surface area contributed by atoms with Crippen LogP contribution in [0.4, 0.5) is 0 Å². The molecule has 0 aliphatic carbocycles. The van der Waals surface area contributed by atoms with Crippen molar-refractivity contribution in [2.24, 2.45) is 5.73 Å². The summed E-state index contributed by atoms with van der Waals surface area (Å²) in [4.78, 5) is 0. The van der Waals surface area contributed by atoms with Crippen LogP contribution in [0.25, 0.3) is 0 Å². The second kappa shape index (κ2) is 3.48. The number of terminal acetylenes is 1. The van der Waals surface area contributed by atoms with Gasteiger partial charge in [-0.3, -0.25) is 0 Å². The predicted octanol–water partition coefficient (Wildman–Crippen LogP) is -0.282. The quantitative estimate of drug-likeness (QED) is 0.484. The Hall–Kier alpha value is -0.520. The van der Waals surface area contributed by atoms with Gasteiger partial charge in [-0.1, -0.05) is 0 Å². The Kier molecular flexibility index (Phi) is 3.25. The van der Waals surface area contributed by atoms with Gasteiger partial charge in [0.05, 0.1) is 6.10 Å². The van der Waals surface area contributed by atoms with E-state index in [1.807, 2.05) is 0 Å². The maximum Gasteiger partial charge on any atom is 0.0797 e. The molecular formula is C6H11NO. The van der Waals surface area contributed by atoms with Crippen LogP contribution >= 0.6 is 0 Å². The number of hydrogen-bond donors (Lipinski definition) is 2. The van der Waals surface area contributed by atoms with Crippen molar-refractivity contribution >= 4 is 0 Å². The van der Waals surface area contributed by atoms with Gasteiger partial charge in [0.25, 0.3) is 0 Å². The average molecular weight is 113 g/mol. The van der Waals surface area contributed by atoms with E-state index in [4.69, 9.17) is 17.3 Å². The van der Waals surface area contributed by atoms with Crippen LogP contribution in [0.1, 0.15) is 13.3 Å². The first kappa shape index (κ1) is 7.48. The molecule has 3 N–H and O–H groups in total. The molecule has 0 spiro atoms. The Labute approximate surface area is 49.7 Å². The van der Waals surface area contributed by atoms with Gasteiger partial charge in [-0.05, 0) is 6.92 Å². The Balaban J connectivity index is 3.35. The van der Waals surface area contributed by atoms with Crippen LogP contribution in [0.3, 0.4) is 0 Å². The Morgan fingerprint density at radius 3 is 2.50 bits per heavy atom. The van der Waals surface area contributed by atoms with E-state index in [9.17, 15) is 0 Å². The van der Waals surface area contributed by atoms with E-state index in [1.165, 1.54) is 0 Å². The molecule has 2 nitrogen and oxygen atoms in total. The van der Waals surface area contributed by atoms with E-state index in [0.717, 1.165) is 0 Å². The first-order valence-electron chi connectivity index (χ1n) is 2.55. The third kappa shape index (κ3) is 2.62. The summed E-state index contributed by atoms with van der Waals surface area (Å²) in [6, 6.07) is -0.217. The molecule has 0 amide bonds. The largest absolute Gasteiger partial charge is 0.391 e. The maximum atomic E-state index is 8.86. The standard InChI is InChI=1S/C6H11NO/c1-3-4-6(8)5(2)7/h1,5-6,8H,4,7H2,2H3/t5-,6+/m0/s1. The van der Waals surface area contributed by atoms with Gasteiger partial charge in [0.1, 0.15) is 0 Å². The van der Waals surface area contributed by atoms with Crippen LogP contribution in [0.2, 0.25) is 0 Å². The number of hydrogen-bond acceptors (Lipinski definition) is 2. The second-order valence-corrected chi connectivity index (χ2v) is 1.83. The summed E-state index contributed by atoms with van der Waals surface area (Å²) in [5.74, 6) is 2.32. The normalized spacial score (nSPS) is 16.8. The van der Waals surface area contributed by atoms with Crippen LogP contribution < -0.4 is 5.73 Å². The van der Waals surface area contributed by atoms with Gasteiger partial charge in [-0.15, -0.1) is 12.3 Å². The number of aliphatic hydroxyl groups excluding tert-OH is 1. The summed E-state index contributed by atoms with van der Waals surface area (Å²) in [7, 11) is 0. The van der Waals surface area contributed by atoms with Crippen molar-refractivity contribution < 1.29 is 5.11 Å². The highest BCUT2D eigenvalue weighted by Crippen LogP contribution is 1.92. The number of rotatable bonds is 2. The van der Waals surface area contributed by atoms with E-state index in [1.54, 1.807) is 6.92 Å². The summed E-state index contributed by atoms with van der Waals surface area (Å²) in [6.45, 7) is 1.72. The molecule has 2 heteroatoms. The lowest BCUT2D eigenvalue weighted by Crippen LogP contribution is -2.30. The molecule has 46 valence electrons. The summed E-state index contributed by atoms with van der Waals surface area (Å²) in [6.07, 6.45) is 4.70. The van der Waals surface area contributed by atoms with Crippen LogP contribution in [0.15, 0.2) is 0 Å². The zero-order chi connectivity index (χ0) is 6.57. The minimum absolute atomic E-state index is 0.217. The summed E-state index contributed by atoms with van der Waals surface area (Å²) in [5, 5.41) is 8.86. The van der Waals surface area contributed by atoms with E-state index in [0.29, 0.717) is 6.42 Å². The van der Waals surface area contributed by atoms with Crippen molar-refractivity contribution in [1.29, 1.82) is 0 Å². The third-order valence-electron chi connectivity index (χ3n) is 0.934. The molecule has 0 saturated carbocycles. The fourth-order valence-electron chi connectivity index (χ4n) is 0.307. The monoisotopic (exact) mass is 113 g/mol. The van der Waals surface area contributed by atoms with Gasteiger partial charge >= 0.3 is 0 Å². The Morgan fingerprint density at radius 1 is 1.88 bits per heavy atom. The van der Waals surface area contributed by atoms with Gasteiger partial charge in [-0.25, -0.2) is 0 Å². The molecule has 0 rings (SSSR count). The minimum Gasteiger partial charge on any atom is -0.391 e. The molecule has 0 aromatic rings. The van der Waals surface area contributed by atoms with Crippen LogP contribution in [0, 0.1) is 12.3 Å². The highest BCUT2D eigenvalue weighted by atomic mass is 16.3. The molecule has 0 radical (unpaired) electrons. The second-order valence-electron chi connectivity index (χ2n) is 1.83. The van der Waals surface area contributed by atoms with Gasteiger partial charge in [0.2, 0.25) is 0 Å². The van der Waals surface area contributed by atoms with Crippen LogP contribution in [-0.4, -0.2) is 17.3 Å². The zero-order valence-corrected chi connectivity index (χ0v) is 4.96. The minimum atomic E-state index is -0.542. The molecule has 0 aromatic carbocycles. The smallest absolute Gasteiger partial charge is 0.0797 e. The fourth-order valence-corrected chi connectivity index (χ4v) is 0.307. The summed E-state index contributed by atoms with van der Waals surface area (Å²) >= 11 is 0. The zero-order valence-electron chi connectivity index (χ0n) is 4.96. The van der Waals surface area contributed by atoms with Crippen molar-refractivity contribution in [2.75, 3.05) is 0 Å². The lowest BCUT2D eigenvalue weighted by molar-refractivity contribution is 0.156. The summed E-state index contributed by atoms with van der Waals surface area (Å²) in [5.41, 5.74) is 5.28. The molecule has 0 saturated heterocycles. The molecule has 0 heterocycles. The van der Waals surface area contributed by atoms with E-state index < -0.39 is 6.10 Å². The lowest BCUT2D eigenvalue weighted by Gasteiger charge is -2.09. The Bertz CT molecular complexity index is 93.2. The summed E-state index contributed by atoms with van der Waals surface area (Å²) < 4.78 is 0. The lowest BCUT2D eigenvalue weighted by atomic mass is 10.1. The van der Waals surface area contributed by atoms with Crippen LogP contribution in [0.5, 0.6) is 0 Å². The predicted molar refractivity (Wildman–Crippen MR) is 33.1 cm³/mol. The van der Waals surface area contributed by atoms with Crippen molar-refractivity contribution in [3.8, 4) is 12.3 Å². The van der Waals surface area contributed by atoms with E-state index in [-0.39, 0.29) is 6.04 Å². The first-order chi connectivity index (χ1) is 3.68. The van der Waals surface area contributed by atoms with Gasteiger partial charge in [-0.2, -0.15) is 0 Å². The van der Waals surface area contributed by atoms with E-state index >= 15 is 0 Å². The molecule has 0 unspecified atom stereocenters. The van der Waals surface area contributed by atoms with Crippen LogP contribution in [-0.2, 0) is 0 Å². The van der Waals surface area contributed by atoms with Gasteiger partial charge in [0.15, 0.2) is 0 Å². The van der Waals surface area contributed by atoms with Gasteiger partial charge < -0.3 is 10.8 Å². The van der Waals surface area contributed by atoms with Crippen molar-refractivity contribution in [3.63, 3.8) is 0 Å². The third-order valence-corrected chi connectivity index (χ3v) is 0.934. The molecule has 0 aromatic heterocycles. The van der Waals surface area contributed by atoms with Crippen molar-refractivity contribution in [3.05, 3.63) is 0 Å². The highest BCUT2D eigenvalue weighted by Gasteiger charge is 2.05. The first-order valence-corrected chi connectivity index (χ1v) is 2.55. The maximum absolute atomic E-state index is 8.86. The molecule has 0 aliphatic rings.